The van der Waals surface area contributed by atoms with Crippen molar-refractivity contribution in [3.63, 3.8) is 0 Å². The zero-order chi connectivity index (χ0) is 10.1. The average Bonchev–Trinajstić information content (AvgIpc) is 2.09. The van der Waals surface area contributed by atoms with Crippen LogP contribution in [0, 0.1) is 0 Å². The molecule has 1 N–H and O–H groups in total. The Kier molecular flexibility index (Phi) is 2.91. The van der Waals surface area contributed by atoms with Gasteiger partial charge in [-0.15, -0.1) is 12.6 Å². The number of thiol groups is 1. The van der Waals surface area contributed by atoms with E-state index in [1.807, 2.05) is 6.07 Å². The van der Waals surface area contributed by atoms with Crippen LogP contribution in [-0.4, -0.2) is 5.11 Å². The molecule has 0 fully saturated rings. The lowest BCUT2D eigenvalue weighted by atomic mass is 9.82. The first kappa shape index (κ1) is 10.5. The minimum atomic E-state index is 0.0167. The number of aromatic hydroxyl groups is 1. The molecule has 13 heavy (non-hydrogen) atoms. The Balaban J connectivity index is 3.20. The fourth-order valence-electron chi connectivity index (χ4n) is 1.26. The van der Waals surface area contributed by atoms with Gasteiger partial charge in [0.15, 0.2) is 0 Å². The molecule has 0 radical (unpaired) electrons. The highest BCUT2D eigenvalue weighted by Gasteiger charge is 2.21. The molecule has 1 rings (SSSR count). The van der Waals surface area contributed by atoms with Crippen molar-refractivity contribution < 1.29 is 5.11 Å². The number of benzene rings is 1. The Morgan fingerprint density at radius 2 is 2.00 bits per heavy atom. The quantitative estimate of drug-likeness (QED) is 0.695. The summed E-state index contributed by atoms with van der Waals surface area (Å²) in [6.45, 7) is 6.36. The number of phenolic OH excluding ortho intramolecular Hbond substituents is 1. The summed E-state index contributed by atoms with van der Waals surface area (Å²) in [5, 5.41) is 9.67. The van der Waals surface area contributed by atoms with E-state index in [9.17, 15) is 5.11 Å². The first-order chi connectivity index (χ1) is 5.97. The van der Waals surface area contributed by atoms with Crippen LogP contribution in [0.1, 0.15) is 32.8 Å². The predicted molar refractivity (Wildman–Crippen MR) is 58.7 cm³/mol. The van der Waals surface area contributed by atoms with Crippen molar-refractivity contribution in [2.75, 3.05) is 0 Å². The van der Waals surface area contributed by atoms with Crippen LogP contribution in [0.2, 0.25) is 0 Å². The second-order valence-corrected chi connectivity index (χ2v) is 4.46. The predicted octanol–water partition coefficient (Wildman–Crippen LogP) is 3.37. The molecule has 0 unspecified atom stereocenters. The third-order valence-corrected chi connectivity index (χ3v) is 2.87. The summed E-state index contributed by atoms with van der Waals surface area (Å²) in [5.74, 6) is 0.365. The van der Waals surface area contributed by atoms with Crippen molar-refractivity contribution >= 4 is 12.6 Å². The molecule has 0 atom stereocenters. The molecule has 1 aromatic carbocycles. The van der Waals surface area contributed by atoms with Crippen molar-refractivity contribution in [2.24, 2.45) is 0 Å². The minimum absolute atomic E-state index is 0.0167. The number of rotatable bonds is 2. The summed E-state index contributed by atoms with van der Waals surface area (Å²) in [4.78, 5) is 0.898. The van der Waals surface area contributed by atoms with Crippen LogP contribution in [0.15, 0.2) is 23.1 Å². The van der Waals surface area contributed by atoms with E-state index in [0.717, 1.165) is 16.9 Å². The fraction of sp³-hybridized carbons (Fsp3) is 0.455. The smallest absolute Gasteiger partial charge is 0.119 e. The van der Waals surface area contributed by atoms with Crippen LogP contribution in [0.3, 0.4) is 0 Å². The van der Waals surface area contributed by atoms with Crippen molar-refractivity contribution in [2.45, 2.75) is 37.5 Å². The van der Waals surface area contributed by atoms with Crippen LogP contribution in [0.4, 0.5) is 0 Å². The molecule has 1 aromatic rings. The Morgan fingerprint density at radius 3 is 2.54 bits per heavy atom. The molecule has 0 bridgehead atoms. The van der Waals surface area contributed by atoms with E-state index in [1.165, 1.54) is 0 Å². The maximum Gasteiger partial charge on any atom is 0.119 e. The molecule has 2 heteroatoms. The van der Waals surface area contributed by atoms with E-state index in [-0.39, 0.29) is 5.41 Å². The van der Waals surface area contributed by atoms with Gasteiger partial charge in [0.2, 0.25) is 0 Å². The van der Waals surface area contributed by atoms with E-state index in [2.05, 4.69) is 33.4 Å². The lowest BCUT2D eigenvalue weighted by Crippen LogP contribution is -2.15. The second kappa shape index (κ2) is 3.62. The summed E-state index contributed by atoms with van der Waals surface area (Å²) >= 11 is 4.26. The van der Waals surface area contributed by atoms with Gasteiger partial charge in [-0.2, -0.15) is 0 Å². The number of phenols is 1. The first-order valence-corrected chi connectivity index (χ1v) is 4.94. The molecule has 0 aliphatic heterocycles. The molecule has 0 spiro atoms. The first-order valence-electron chi connectivity index (χ1n) is 4.50. The van der Waals surface area contributed by atoms with Crippen molar-refractivity contribution in [1.82, 2.24) is 0 Å². The molecule has 1 nitrogen and oxygen atoms in total. The highest BCUT2D eigenvalue weighted by Crippen LogP contribution is 2.34. The molecule has 0 amide bonds. The Bertz CT molecular complexity index is 305. The maximum absolute atomic E-state index is 9.67. The van der Waals surface area contributed by atoms with E-state index >= 15 is 0 Å². The Labute approximate surface area is 85.2 Å². The summed E-state index contributed by atoms with van der Waals surface area (Å²) in [7, 11) is 0. The molecule has 0 saturated heterocycles. The molecular weight excluding hydrogens is 180 g/mol. The summed E-state index contributed by atoms with van der Waals surface area (Å²) in [6.07, 6.45) is 0.998. The van der Waals surface area contributed by atoms with Gasteiger partial charge in [-0.3, -0.25) is 0 Å². The lowest BCUT2D eigenvalue weighted by Gasteiger charge is -2.24. The zero-order valence-corrected chi connectivity index (χ0v) is 9.23. The maximum atomic E-state index is 9.67. The summed E-state index contributed by atoms with van der Waals surface area (Å²) in [5.41, 5.74) is 0.991. The fourth-order valence-corrected chi connectivity index (χ4v) is 1.46. The third-order valence-electron chi connectivity index (χ3n) is 2.59. The van der Waals surface area contributed by atoms with Gasteiger partial charge in [-0.1, -0.05) is 20.8 Å². The number of hydrogen-bond donors (Lipinski definition) is 2. The van der Waals surface area contributed by atoms with Crippen molar-refractivity contribution in [3.8, 4) is 5.75 Å². The van der Waals surface area contributed by atoms with Crippen molar-refractivity contribution in [1.29, 1.82) is 0 Å². The molecule has 0 aliphatic rings. The van der Waals surface area contributed by atoms with Gasteiger partial charge in [0, 0.05) is 10.5 Å². The van der Waals surface area contributed by atoms with Gasteiger partial charge in [0.25, 0.3) is 0 Å². The van der Waals surface area contributed by atoms with Crippen LogP contribution < -0.4 is 0 Å². The van der Waals surface area contributed by atoms with E-state index in [1.54, 1.807) is 12.1 Å². The van der Waals surface area contributed by atoms with Gasteiger partial charge in [-0.05, 0) is 30.0 Å². The van der Waals surface area contributed by atoms with Gasteiger partial charge < -0.3 is 5.11 Å². The van der Waals surface area contributed by atoms with Gasteiger partial charge >= 0.3 is 0 Å². The Hall–Kier alpha value is -0.630. The van der Waals surface area contributed by atoms with E-state index in [4.69, 9.17) is 0 Å². The van der Waals surface area contributed by atoms with Crippen LogP contribution >= 0.6 is 12.6 Å². The SMILES string of the molecule is CCC(C)(C)c1cc(S)ccc1O. The normalized spacial score (nSPS) is 11.7. The van der Waals surface area contributed by atoms with Crippen LogP contribution in [0.25, 0.3) is 0 Å². The molecule has 0 saturated carbocycles. The van der Waals surface area contributed by atoms with Crippen molar-refractivity contribution in [3.05, 3.63) is 23.8 Å². The molecular formula is C11H16OS. The number of hydrogen-bond acceptors (Lipinski definition) is 2. The average molecular weight is 196 g/mol. The third kappa shape index (κ3) is 2.19. The molecule has 72 valence electrons. The molecule has 0 aromatic heterocycles. The second-order valence-electron chi connectivity index (χ2n) is 3.94. The largest absolute Gasteiger partial charge is 0.508 e. The zero-order valence-electron chi connectivity index (χ0n) is 8.33. The summed E-state index contributed by atoms with van der Waals surface area (Å²) in [6, 6.07) is 5.44. The molecule has 0 aliphatic carbocycles. The van der Waals surface area contributed by atoms with E-state index < -0.39 is 0 Å². The summed E-state index contributed by atoms with van der Waals surface area (Å²) < 4.78 is 0. The topological polar surface area (TPSA) is 20.2 Å². The monoisotopic (exact) mass is 196 g/mol. The lowest BCUT2D eigenvalue weighted by molar-refractivity contribution is 0.428. The minimum Gasteiger partial charge on any atom is -0.508 e. The van der Waals surface area contributed by atoms with Gasteiger partial charge in [0.05, 0.1) is 0 Å². The van der Waals surface area contributed by atoms with Crippen LogP contribution in [-0.2, 0) is 5.41 Å². The highest BCUT2D eigenvalue weighted by molar-refractivity contribution is 7.80. The van der Waals surface area contributed by atoms with Gasteiger partial charge in [0.1, 0.15) is 5.75 Å². The molecule has 0 heterocycles. The van der Waals surface area contributed by atoms with Crippen LogP contribution in [0.5, 0.6) is 5.75 Å². The standard InChI is InChI=1S/C11H16OS/c1-4-11(2,3)9-7-8(13)5-6-10(9)12/h5-7,12-13H,4H2,1-3H3. The van der Waals surface area contributed by atoms with Gasteiger partial charge in [-0.25, -0.2) is 0 Å². The Morgan fingerprint density at radius 1 is 1.38 bits per heavy atom. The van der Waals surface area contributed by atoms with E-state index in [0.29, 0.717) is 5.75 Å². The highest BCUT2D eigenvalue weighted by atomic mass is 32.1.